The zero-order valence-electron chi connectivity index (χ0n) is 11.3. The molecule has 1 fully saturated rings. The Morgan fingerprint density at radius 1 is 1.47 bits per heavy atom. The number of carbonyl (C=O) groups excluding carboxylic acids is 1. The molecule has 1 rings (SSSR count). The first-order chi connectivity index (χ1) is 7.88. The van der Waals surface area contributed by atoms with E-state index in [4.69, 9.17) is 4.74 Å². The zero-order valence-corrected chi connectivity index (χ0v) is 11.3. The summed E-state index contributed by atoms with van der Waals surface area (Å²) in [6.45, 7) is 7.71. The maximum Gasteiger partial charge on any atom is 0.414 e. The Labute approximate surface area is 104 Å². The average Bonchev–Trinajstić information content (AvgIpc) is 2.25. The van der Waals surface area contributed by atoms with E-state index in [0.29, 0.717) is 5.92 Å². The van der Waals surface area contributed by atoms with Crippen LogP contribution in [0.4, 0.5) is 4.79 Å². The highest BCUT2D eigenvalue weighted by molar-refractivity contribution is 5.68. The highest BCUT2D eigenvalue weighted by atomic mass is 16.6. The van der Waals surface area contributed by atoms with Crippen molar-refractivity contribution in [3.63, 3.8) is 0 Å². The van der Waals surface area contributed by atoms with Crippen molar-refractivity contribution in [3.05, 3.63) is 12.3 Å². The fraction of sp³-hybridized carbons (Fsp3) is 0.769. The Morgan fingerprint density at radius 2 is 2.18 bits per heavy atom. The van der Waals surface area contributed by atoms with Crippen LogP contribution in [0.3, 0.4) is 0 Å². The Kier molecular flexibility index (Phi) is 5.00. The number of nitrogens with one attached hydrogen (secondary N) is 1. The Hall–Kier alpha value is -1.03. The van der Waals surface area contributed by atoms with Crippen LogP contribution in [-0.2, 0) is 4.74 Å². The second kappa shape index (κ2) is 6.05. The van der Waals surface area contributed by atoms with Crippen LogP contribution in [0.25, 0.3) is 0 Å². The van der Waals surface area contributed by atoms with Gasteiger partial charge in [0.2, 0.25) is 0 Å². The number of hydrogen-bond acceptors (Lipinski definition) is 3. The van der Waals surface area contributed by atoms with E-state index in [1.165, 1.54) is 17.7 Å². The van der Waals surface area contributed by atoms with E-state index in [1.807, 2.05) is 27.0 Å². The number of carbonyl (C=O) groups is 1. The molecular formula is C13H24N2O2. The first-order valence-electron chi connectivity index (χ1n) is 6.23. The van der Waals surface area contributed by atoms with Crippen LogP contribution >= 0.6 is 0 Å². The van der Waals surface area contributed by atoms with Gasteiger partial charge in [0.25, 0.3) is 0 Å². The van der Waals surface area contributed by atoms with Gasteiger partial charge in [0, 0.05) is 19.8 Å². The van der Waals surface area contributed by atoms with Gasteiger partial charge in [0.1, 0.15) is 5.60 Å². The molecule has 1 N–H and O–H groups in total. The van der Waals surface area contributed by atoms with E-state index < -0.39 is 5.60 Å². The van der Waals surface area contributed by atoms with Gasteiger partial charge in [-0.15, -0.1) is 0 Å². The fourth-order valence-corrected chi connectivity index (χ4v) is 1.69. The van der Waals surface area contributed by atoms with E-state index >= 15 is 0 Å². The molecule has 1 saturated heterocycles. The summed E-state index contributed by atoms with van der Waals surface area (Å²) in [5.41, 5.74) is -0.439. The fourth-order valence-electron chi connectivity index (χ4n) is 1.69. The summed E-state index contributed by atoms with van der Waals surface area (Å²) < 4.78 is 5.26. The molecule has 1 atom stereocenters. The smallest absolute Gasteiger partial charge is 0.414 e. The third-order valence-electron chi connectivity index (χ3n) is 2.60. The summed E-state index contributed by atoms with van der Waals surface area (Å²) >= 11 is 0. The van der Waals surface area contributed by atoms with Crippen molar-refractivity contribution in [1.29, 1.82) is 0 Å². The highest BCUT2D eigenvalue weighted by Gasteiger charge is 2.18. The summed E-state index contributed by atoms with van der Waals surface area (Å²) in [6, 6.07) is 0. The minimum Gasteiger partial charge on any atom is -0.443 e. The molecule has 0 radical (unpaired) electrons. The largest absolute Gasteiger partial charge is 0.443 e. The monoisotopic (exact) mass is 240 g/mol. The predicted molar refractivity (Wildman–Crippen MR) is 68.7 cm³/mol. The normalized spacial score (nSPS) is 21.5. The van der Waals surface area contributed by atoms with Crippen LogP contribution < -0.4 is 5.32 Å². The molecule has 1 heterocycles. The van der Waals surface area contributed by atoms with E-state index in [0.717, 1.165) is 13.1 Å². The zero-order chi connectivity index (χ0) is 12.9. The number of amides is 1. The number of rotatable bonds is 2. The number of ether oxygens (including phenoxy) is 1. The number of nitrogens with zero attached hydrogens (tertiary/aromatic N) is 1. The molecule has 98 valence electrons. The summed E-state index contributed by atoms with van der Waals surface area (Å²) in [4.78, 5) is 13.2. The van der Waals surface area contributed by atoms with Crippen LogP contribution in [-0.4, -0.2) is 36.7 Å². The van der Waals surface area contributed by atoms with Crippen molar-refractivity contribution < 1.29 is 9.53 Å². The third kappa shape index (κ3) is 5.73. The Bertz CT molecular complexity index is 276. The van der Waals surface area contributed by atoms with Crippen molar-refractivity contribution in [2.24, 2.45) is 5.92 Å². The number of hydrogen-bond donors (Lipinski definition) is 1. The van der Waals surface area contributed by atoms with Crippen LogP contribution in [0.2, 0.25) is 0 Å². The first kappa shape index (κ1) is 14.0. The van der Waals surface area contributed by atoms with E-state index in [9.17, 15) is 4.79 Å². The lowest BCUT2D eigenvalue weighted by atomic mass is 10.00. The maximum atomic E-state index is 11.7. The molecule has 1 aliphatic heterocycles. The number of piperidine rings is 1. The second-order valence-corrected chi connectivity index (χ2v) is 5.54. The van der Waals surface area contributed by atoms with Crippen LogP contribution in [0.15, 0.2) is 12.3 Å². The molecule has 1 aliphatic rings. The van der Waals surface area contributed by atoms with Gasteiger partial charge in [-0.25, -0.2) is 4.79 Å². The highest BCUT2D eigenvalue weighted by Crippen LogP contribution is 2.13. The first-order valence-corrected chi connectivity index (χ1v) is 6.23. The minimum absolute atomic E-state index is 0.308. The standard InChI is InChI=1S/C13H24N2O2/c1-13(2,3)17-12(16)15(4)9-7-11-6-5-8-14-10-11/h7,9,11,14H,5-6,8,10H2,1-4H3/b9-7-/t11-/m1/s1. The molecule has 0 saturated carbocycles. The molecule has 0 bridgehead atoms. The van der Waals surface area contributed by atoms with Crippen LogP contribution in [0.1, 0.15) is 33.6 Å². The van der Waals surface area contributed by atoms with E-state index in [1.54, 1.807) is 7.05 Å². The lowest BCUT2D eigenvalue weighted by Gasteiger charge is -2.24. The average molecular weight is 240 g/mol. The van der Waals surface area contributed by atoms with Crippen molar-refractivity contribution in [2.45, 2.75) is 39.2 Å². The van der Waals surface area contributed by atoms with Gasteiger partial charge in [-0.05, 0) is 46.1 Å². The Morgan fingerprint density at radius 3 is 2.71 bits per heavy atom. The molecule has 0 spiro atoms. The minimum atomic E-state index is -0.439. The van der Waals surface area contributed by atoms with Gasteiger partial charge < -0.3 is 10.1 Å². The van der Waals surface area contributed by atoms with Gasteiger partial charge >= 0.3 is 6.09 Å². The Balaban J connectivity index is 2.39. The molecule has 1 amide bonds. The molecule has 0 unspecified atom stereocenters. The van der Waals surface area contributed by atoms with Crippen molar-refractivity contribution >= 4 is 6.09 Å². The third-order valence-corrected chi connectivity index (χ3v) is 2.60. The van der Waals surface area contributed by atoms with Crippen molar-refractivity contribution in [1.82, 2.24) is 10.2 Å². The molecule has 4 heteroatoms. The lowest BCUT2D eigenvalue weighted by Crippen LogP contribution is -2.32. The second-order valence-electron chi connectivity index (χ2n) is 5.54. The maximum absolute atomic E-state index is 11.7. The predicted octanol–water partition coefficient (Wildman–Crippen LogP) is 2.37. The SMILES string of the molecule is CN(/C=C\[C@H]1CCCNC1)C(=O)OC(C)(C)C. The lowest BCUT2D eigenvalue weighted by molar-refractivity contribution is 0.0371. The topological polar surface area (TPSA) is 41.6 Å². The molecule has 0 aromatic carbocycles. The van der Waals surface area contributed by atoms with Gasteiger partial charge in [-0.3, -0.25) is 4.90 Å². The molecule has 0 aromatic heterocycles. The molecule has 4 nitrogen and oxygen atoms in total. The summed E-state index contributed by atoms with van der Waals surface area (Å²) in [5, 5.41) is 3.34. The van der Waals surface area contributed by atoms with Gasteiger partial charge in [-0.2, -0.15) is 0 Å². The summed E-state index contributed by atoms with van der Waals surface area (Å²) in [5.74, 6) is 0.522. The molecule has 0 aromatic rings. The van der Waals surface area contributed by atoms with Crippen molar-refractivity contribution in [2.75, 3.05) is 20.1 Å². The quantitative estimate of drug-likeness (QED) is 0.805. The van der Waals surface area contributed by atoms with Crippen LogP contribution in [0, 0.1) is 5.92 Å². The summed E-state index contributed by atoms with van der Waals surface area (Å²) in [6.07, 6.45) is 5.97. The molecular weight excluding hydrogens is 216 g/mol. The van der Waals surface area contributed by atoms with Crippen molar-refractivity contribution in [3.8, 4) is 0 Å². The molecule has 17 heavy (non-hydrogen) atoms. The van der Waals surface area contributed by atoms with Gasteiger partial charge in [0.05, 0.1) is 0 Å². The molecule has 0 aliphatic carbocycles. The van der Waals surface area contributed by atoms with Gasteiger partial charge in [0.15, 0.2) is 0 Å². The van der Waals surface area contributed by atoms with E-state index in [2.05, 4.69) is 11.4 Å². The van der Waals surface area contributed by atoms with E-state index in [-0.39, 0.29) is 6.09 Å². The van der Waals surface area contributed by atoms with Crippen LogP contribution in [0.5, 0.6) is 0 Å². The van der Waals surface area contributed by atoms with Gasteiger partial charge in [-0.1, -0.05) is 6.08 Å². The summed E-state index contributed by atoms with van der Waals surface area (Å²) in [7, 11) is 1.72.